The van der Waals surface area contributed by atoms with Gasteiger partial charge in [-0.1, -0.05) is 25.1 Å². The van der Waals surface area contributed by atoms with E-state index in [1.54, 1.807) is 0 Å². The number of halogens is 9. The number of aliphatic carboxylic acids is 3. The summed E-state index contributed by atoms with van der Waals surface area (Å²) in [6, 6.07) is 13.0. The van der Waals surface area contributed by atoms with Gasteiger partial charge in [0.2, 0.25) is 0 Å². The van der Waals surface area contributed by atoms with Gasteiger partial charge in [-0.15, -0.1) is 0 Å². The second-order valence-electron chi connectivity index (χ2n) is 9.66. The molecule has 4 N–H and O–H groups in total. The fourth-order valence-electron chi connectivity index (χ4n) is 4.13. The van der Waals surface area contributed by atoms with Gasteiger partial charge in [0.15, 0.2) is 0 Å². The van der Waals surface area contributed by atoms with Gasteiger partial charge in [-0.05, 0) is 43.1 Å². The molecule has 10 nitrogen and oxygen atoms in total. The third-order valence-electron chi connectivity index (χ3n) is 6.44. The lowest BCUT2D eigenvalue weighted by Gasteiger charge is -2.47. The first-order valence-corrected chi connectivity index (χ1v) is 13.1. The maximum atomic E-state index is 10.6. The first-order valence-electron chi connectivity index (χ1n) is 13.1. The molecule has 0 aliphatic carbocycles. The fourth-order valence-corrected chi connectivity index (χ4v) is 4.13. The molecule has 2 aliphatic heterocycles. The molecule has 0 amide bonds. The Hall–Kier alpha value is -4.13. The number of rotatable bonds is 4. The molecular formula is C27H30F9N3O7. The Morgan fingerprint density at radius 2 is 1.28 bits per heavy atom. The molecular weight excluding hydrogens is 649 g/mol. The molecule has 46 heavy (non-hydrogen) atoms. The molecule has 1 unspecified atom stereocenters. The summed E-state index contributed by atoms with van der Waals surface area (Å²) in [5.41, 5.74) is 2.55. The van der Waals surface area contributed by atoms with E-state index in [0.29, 0.717) is 6.04 Å². The number of carboxylic acid groups (broad SMARTS) is 3. The summed E-state index contributed by atoms with van der Waals surface area (Å²) >= 11 is 0. The van der Waals surface area contributed by atoms with Gasteiger partial charge in [0, 0.05) is 50.1 Å². The molecule has 19 heteroatoms. The maximum absolute atomic E-state index is 10.6. The number of alkyl halides is 9. The van der Waals surface area contributed by atoms with Gasteiger partial charge in [0.05, 0.1) is 0 Å². The standard InChI is InChI=1S/C21H27N3O.3C2HF3O2/c1-2-24-13-9-21(10-14-24)15-19(18-5-3-4-6-20(18)25-21)23-16-17-7-11-22-12-8-17;3*3-2(4,5)1(6)7/h3-8,11-12,19,23H,2,9-10,13-16H2,1H3;3*(H,6,7). The van der Waals surface area contributed by atoms with Gasteiger partial charge >= 0.3 is 36.4 Å². The van der Waals surface area contributed by atoms with Crippen molar-refractivity contribution in [2.45, 2.75) is 62.9 Å². The third-order valence-corrected chi connectivity index (χ3v) is 6.44. The number of hydrogen-bond donors (Lipinski definition) is 4. The summed E-state index contributed by atoms with van der Waals surface area (Å²) in [4.78, 5) is 33.3. The Morgan fingerprint density at radius 3 is 1.70 bits per heavy atom. The van der Waals surface area contributed by atoms with Crippen LogP contribution in [0.25, 0.3) is 0 Å². The van der Waals surface area contributed by atoms with Gasteiger partial charge < -0.3 is 30.3 Å². The lowest BCUT2D eigenvalue weighted by Crippen LogP contribution is -2.51. The van der Waals surface area contributed by atoms with Gasteiger partial charge in [0.25, 0.3) is 0 Å². The number of carbonyl (C=O) groups is 3. The maximum Gasteiger partial charge on any atom is 0.490 e. The van der Waals surface area contributed by atoms with Crippen molar-refractivity contribution in [2.24, 2.45) is 0 Å². The number of piperidine rings is 1. The van der Waals surface area contributed by atoms with E-state index in [0.717, 1.165) is 51.2 Å². The van der Waals surface area contributed by atoms with Crippen molar-refractivity contribution in [1.82, 2.24) is 15.2 Å². The van der Waals surface area contributed by atoms with Crippen LogP contribution in [0.2, 0.25) is 0 Å². The Morgan fingerprint density at radius 1 is 0.848 bits per heavy atom. The molecule has 4 rings (SSSR count). The normalized spacial score (nSPS) is 17.3. The number of ether oxygens (including phenoxy) is 1. The fraction of sp³-hybridized carbons (Fsp3) is 0.481. The molecule has 2 aromatic rings. The Balaban J connectivity index is 0.000000413. The molecule has 1 spiro atoms. The lowest BCUT2D eigenvalue weighted by molar-refractivity contribution is -0.193. The van der Waals surface area contributed by atoms with E-state index in [1.807, 2.05) is 12.4 Å². The Bertz CT molecular complexity index is 1210. The zero-order valence-corrected chi connectivity index (χ0v) is 23.9. The van der Waals surface area contributed by atoms with Gasteiger partial charge in [-0.2, -0.15) is 39.5 Å². The van der Waals surface area contributed by atoms with Crippen LogP contribution in [-0.4, -0.2) is 86.9 Å². The molecule has 1 saturated heterocycles. The second-order valence-corrected chi connectivity index (χ2v) is 9.66. The third kappa shape index (κ3) is 13.9. The molecule has 0 saturated carbocycles. The smallest absolute Gasteiger partial charge is 0.487 e. The quantitative estimate of drug-likeness (QED) is 0.308. The first kappa shape index (κ1) is 39.9. The van der Waals surface area contributed by atoms with Crippen molar-refractivity contribution < 1.29 is 74.0 Å². The minimum absolute atomic E-state index is 0.0179. The molecule has 1 aromatic carbocycles. The summed E-state index contributed by atoms with van der Waals surface area (Å²) in [7, 11) is 0. The van der Waals surface area contributed by atoms with E-state index >= 15 is 0 Å². The van der Waals surface area contributed by atoms with Crippen molar-refractivity contribution in [2.75, 3.05) is 19.6 Å². The number of benzene rings is 1. The average Bonchev–Trinajstić information content (AvgIpc) is 2.96. The molecule has 2 aliphatic rings. The number of pyridine rings is 1. The van der Waals surface area contributed by atoms with E-state index < -0.39 is 36.4 Å². The van der Waals surface area contributed by atoms with Crippen LogP contribution in [0.4, 0.5) is 39.5 Å². The summed E-state index contributed by atoms with van der Waals surface area (Å²) in [6.45, 7) is 6.51. The summed E-state index contributed by atoms with van der Waals surface area (Å²) in [5, 5.41) is 25.1. The highest BCUT2D eigenvalue weighted by molar-refractivity contribution is 5.73. The summed E-state index contributed by atoms with van der Waals surface area (Å²) in [6.07, 6.45) is -8.26. The number of nitrogens with one attached hydrogen (secondary N) is 1. The topological polar surface area (TPSA) is 149 Å². The number of nitrogens with zero attached hydrogens (tertiary/aromatic N) is 2. The molecule has 1 aromatic heterocycles. The van der Waals surface area contributed by atoms with Crippen LogP contribution in [0, 0.1) is 0 Å². The van der Waals surface area contributed by atoms with E-state index in [4.69, 9.17) is 34.4 Å². The van der Waals surface area contributed by atoms with Crippen LogP contribution in [0.3, 0.4) is 0 Å². The summed E-state index contributed by atoms with van der Waals surface area (Å²) < 4.78 is 102. The summed E-state index contributed by atoms with van der Waals surface area (Å²) in [5.74, 6) is -7.21. The second kappa shape index (κ2) is 17.0. The average molecular weight is 680 g/mol. The minimum Gasteiger partial charge on any atom is -0.487 e. The first-order chi connectivity index (χ1) is 21.1. The van der Waals surface area contributed by atoms with Crippen LogP contribution < -0.4 is 10.1 Å². The number of carboxylic acids is 3. The molecule has 1 atom stereocenters. The van der Waals surface area contributed by atoms with E-state index in [1.165, 1.54) is 11.1 Å². The Kier molecular flexibility index (Phi) is 14.7. The largest absolute Gasteiger partial charge is 0.490 e. The molecule has 258 valence electrons. The van der Waals surface area contributed by atoms with Crippen molar-refractivity contribution in [3.63, 3.8) is 0 Å². The molecule has 1 fully saturated rings. The van der Waals surface area contributed by atoms with E-state index in [9.17, 15) is 39.5 Å². The van der Waals surface area contributed by atoms with Crippen LogP contribution in [0.5, 0.6) is 5.75 Å². The zero-order chi connectivity index (χ0) is 35.3. The van der Waals surface area contributed by atoms with Gasteiger partial charge in [0.1, 0.15) is 11.4 Å². The van der Waals surface area contributed by atoms with Crippen molar-refractivity contribution in [3.05, 3.63) is 59.9 Å². The highest BCUT2D eigenvalue weighted by Crippen LogP contribution is 2.44. The monoisotopic (exact) mass is 679 g/mol. The number of likely N-dealkylation sites (tertiary alicyclic amines) is 1. The molecule has 0 bridgehead atoms. The lowest BCUT2D eigenvalue weighted by atomic mass is 9.80. The highest BCUT2D eigenvalue weighted by Gasteiger charge is 2.43. The van der Waals surface area contributed by atoms with E-state index in [2.05, 4.69) is 58.5 Å². The van der Waals surface area contributed by atoms with Crippen LogP contribution >= 0.6 is 0 Å². The predicted octanol–water partition coefficient (Wildman–Crippen LogP) is 5.45. The molecule has 3 heterocycles. The number of aromatic nitrogens is 1. The van der Waals surface area contributed by atoms with Crippen LogP contribution in [0.1, 0.15) is 43.4 Å². The number of fused-ring (bicyclic) bond motifs is 1. The van der Waals surface area contributed by atoms with Crippen LogP contribution in [-0.2, 0) is 20.9 Å². The molecule has 0 radical (unpaired) electrons. The number of para-hydroxylation sites is 1. The van der Waals surface area contributed by atoms with Crippen molar-refractivity contribution >= 4 is 17.9 Å². The van der Waals surface area contributed by atoms with E-state index in [-0.39, 0.29) is 5.60 Å². The van der Waals surface area contributed by atoms with Crippen LogP contribution in [0.15, 0.2) is 48.8 Å². The van der Waals surface area contributed by atoms with Crippen molar-refractivity contribution in [1.29, 1.82) is 0 Å². The minimum atomic E-state index is -5.08. The van der Waals surface area contributed by atoms with Gasteiger partial charge in [-0.25, -0.2) is 14.4 Å². The van der Waals surface area contributed by atoms with Gasteiger partial charge in [-0.3, -0.25) is 4.98 Å². The predicted molar refractivity (Wildman–Crippen MR) is 141 cm³/mol. The SMILES string of the molecule is CCN1CCC2(CC1)CC(NCc1ccncc1)c1ccccc1O2.O=C(O)C(F)(F)F.O=C(O)C(F)(F)F.O=C(O)C(F)(F)F. The highest BCUT2D eigenvalue weighted by atomic mass is 19.4. The van der Waals surface area contributed by atoms with Crippen molar-refractivity contribution in [3.8, 4) is 5.75 Å². The zero-order valence-electron chi connectivity index (χ0n) is 23.9. The number of hydrogen-bond acceptors (Lipinski definition) is 7. The Labute approximate surface area is 255 Å².